The fraction of sp³-hybridized carbons (Fsp3) is 0.278. The molecule has 2 aromatic rings. The minimum Gasteiger partial charge on any atom is -0.376 e. The van der Waals surface area contributed by atoms with Crippen molar-refractivity contribution in [1.29, 1.82) is 0 Å². The number of carbonyl (C=O) groups is 1. The Morgan fingerprint density at radius 3 is 2.52 bits per heavy atom. The van der Waals surface area contributed by atoms with E-state index >= 15 is 0 Å². The second-order valence-corrected chi connectivity index (χ2v) is 5.38. The molecule has 0 spiro atoms. The van der Waals surface area contributed by atoms with Gasteiger partial charge in [0, 0.05) is 12.2 Å². The van der Waals surface area contributed by atoms with Gasteiger partial charge in [0.15, 0.2) is 0 Å². The summed E-state index contributed by atoms with van der Waals surface area (Å²) in [6.45, 7) is 6.99. The highest BCUT2D eigenvalue weighted by molar-refractivity contribution is 5.81. The van der Waals surface area contributed by atoms with Crippen LogP contribution in [-0.4, -0.2) is 12.5 Å². The lowest BCUT2D eigenvalue weighted by Crippen LogP contribution is -2.29. The van der Waals surface area contributed by atoms with Gasteiger partial charge in [-0.25, -0.2) is 0 Å². The maximum atomic E-state index is 11.9. The Balaban J connectivity index is 1.85. The first-order valence-electron chi connectivity index (χ1n) is 7.18. The molecule has 0 saturated heterocycles. The van der Waals surface area contributed by atoms with Crippen molar-refractivity contribution >= 4 is 11.6 Å². The number of aryl methyl sites for hydroxylation is 3. The van der Waals surface area contributed by atoms with Gasteiger partial charge in [-0.2, -0.15) is 0 Å². The Morgan fingerprint density at radius 1 is 1.00 bits per heavy atom. The SMILES string of the molecule is Cc1ccc(C)c(NCC(=O)NCc2ccccc2C)c1. The summed E-state index contributed by atoms with van der Waals surface area (Å²) in [4.78, 5) is 11.9. The zero-order chi connectivity index (χ0) is 15.2. The highest BCUT2D eigenvalue weighted by atomic mass is 16.1. The molecule has 0 heterocycles. The average Bonchev–Trinajstić information content (AvgIpc) is 2.47. The van der Waals surface area contributed by atoms with Crippen LogP contribution in [0.3, 0.4) is 0 Å². The predicted octanol–water partition coefficient (Wildman–Crippen LogP) is 3.34. The van der Waals surface area contributed by atoms with Crippen molar-refractivity contribution in [2.45, 2.75) is 27.3 Å². The summed E-state index contributed by atoms with van der Waals surface area (Å²) in [5.41, 5.74) is 5.69. The zero-order valence-electron chi connectivity index (χ0n) is 12.9. The van der Waals surface area contributed by atoms with E-state index in [-0.39, 0.29) is 12.5 Å². The van der Waals surface area contributed by atoms with Gasteiger partial charge in [-0.3, -0.25) is 4.79 Å². The molecule has 3 heteroatoms. The van der Waals surface area contributed by atoms with Crippen LogP contribution >= 0.6 is 0 Å². The topological polar surface area (TPSA) is 41.1 Å². The first kappa shape index (κ1) is 15.1. The van der Waals surface area contributed by atoms with E-state index in [1.807, 2.05) is 32.0 Å². The third-order valence-electron chi connectivity index (χ3n) is 3.57. The van der Waals surface area contributed by atoms with Gasteiger partial charge in [0.25, 0.3) is 0 Å². The Labute approximate surface area is 126 Å². The minimum atomic E-state index is -0.000779. The van der Waals surface area contributed by atoms with Crippen molar-refractivity contribution < 1.29 is 4.79 Å². The van der Waals surface area contributed by atoms with E-state index in [0.717, 1.165) is 16.8 Å². The standard InChI is InChI=1S/C18H22N2O/c1-13-8-9-15(3)17(10-13)19-12-18(21)20-11-16-7-5-4-6-14(16)2/h4-10,19H,11-12H2,1-3H3,(H,20,21). The van der Waals surface area contributed by atoms with Gasteiger partial charge in [0.2, 0.25) is 5.91 Å². The monoisotopic (exact) mass is 282 g/mol. The summed E-state index contributed by atoms with van der Waals surface area (Å²) in [5, 5.41) is 6.14. The molecule has 0 saturated carbocycles. The van der Waals surface area contributed by atoms with Crippen LogP contribution in [0.4, 0.5) is 5.69 Å². The lowest BCUT2D eigenvalue weighted by Gasteiger charge is -2.11. The zero-order valence-corrected chi connectivity index (χ0v) is 12.9. The number of nitrogens with one attached hydrogen (secondary N) is 2. The van der Waals surface area contributed by atoms with Crippen molar-refractivity contribution in [2.75, 3.05) is 11.9 Å². The van der Waals surface area contributed by atoms with Gasteiger partial charge in [-0.05, 0) is 49.1 Å². The average molecular weight is 282 g/mol. The maximum Gasteiger partial charge on any atom is 0.239 e. The third kappa shape index (κ3) is 4.35. The highest BCUT2D eigenvalue weighted by Crippen LogP contribution is 2.15. The van der Waals surface area contributed by atoms with E-state index in [2.05, 4.69) is 41.8 Å². The van der Waals surface area contributed by atoms with Crippen LogP contribution < -0.4 is 10.6 Å². The van der Waals surface area contributed by atoms with Crippen LogP contribution in [0.5, 0.6) is 0 Å². The second kappa shape index (κ2) is 6.93. The fourth-order valence-corrected chi connectivity index (χ4v) is 2.17. The van der Waals surface area contributed by atoms with Gasteiger partial charge in [0.1, 0.15) is 0 Å². The van der Waals surface area contributed by atoms with Gasteiger partial charge >= 0.3 is 0 Å². The van der Waals surface area contributed by atoms with Crippen molar-refractivity contribution in [3.05, 3.63) is 64.7 Å². The molecule has 1 amide bonds. The first-order chi connectivity index (χ1) is 10.1. The number of benzene rings is 2. The van der Waals surface area contributed by atoms with Crippen LogP contribution in [0.15, 0.2) is 42.5 Å². The Bertz CT molecular complexity index is 635. The number of hydrogen-bond donors (Lipinski definition) is 2. The van der Waals surface area contributed by atoms with Gasteiger partial charge < -0.3 is 10.6 Å². The van der Waals surface area contributed by atoms with E-state index < -0.39 is 0 Å². The van der Waals surface area contributed by atoms with Crippen LogP contribution in [0.2, 0.25) is 0 Å². The summed E-state index contributed by atoms with van der Waals surface area (Å²) >= 11 is 0. The van der Waals surface area contributed by atoms with Crippen LogP contribution in [0.1, 0.15) is 22.3 Å². The Hall–Kier alpha value is -2.29. The molecule has 2 N–H and O–H groups in total. The van der Waals surface area contributed by atoms with Gasteiger partial charge in [-0.15, -0.1) is 0 Å². The van der Waals surface area contributed by atoms with E-state index in [1.165, 1.54) is 11.1 Å². The predicted molar refractivity (Wildman–Crippen MR) is 87.4 cm³/mol. The van der Waals surface area contributed by atoms with Crippen LogP contribution in [0.25, 0.3) is 0 Å². The molecule has 2 aromatic carbocycles. The molecule has 0 fully saturated rings. The normalized spacial score (nSPS) is 10.2. The number of hydrogen-bond acceptors (Lipinski definition) is 2. The fourth-order valence-electron chi connectivity index (χ4n) is 2.17. The lowest BCUT2D eigenvalue weighted by atomic mass is 10.1. The molecular formula is C18H22N2O. The maximum absolute atomic E-state index is 11.9. The quantitative estimate of drug-likeness (QED) is 0.883. The molecule has 0 aliphatic carbocycles. The van der Waals surface area contributed by atoms with Crippen molar-refractivity contribution in [2.24, 2.45) is 0 Å². The molecular weight excluding hydrogens is 260 g/mol. The van der Waals surface area contributed by atoms with Gasteiger partial charge in [-0.1, -0.05) is 36.4 Å². The minimum absolute atomic E-state index is 0.000779. The third-order valence-corrected chi connectivity index (χ3v) is 3.57. The Kier molecular flexibility index (Phi) is 4.99. The second-order valence-electron chi connectivity index (χ2n) is 5.38. The van der Waals surface area contributed by atoms with E-state index in [0.29, 0.717) is 6.54 Å². The summed E-state index contributed by atoms with van der Waals surface area (Å²) in [5.74, 6) is -0.000779. The molecule has 0 unspecified atom stereocenters. The van der Waals surface area contributed by atoms with Crippen molar-refractivity contribution in [3.63, 3.8) is 0 Å². The molecule has 0 bridgehead atoms. The highest BCUT2D eigenvalue weighted by Gasteiger charge is 2.04. The molecule has 3 nitrogen and oxygen atoms in total. The van der Waals surface area contributed by atoms with Crippen molar-refractivity contribution in [1.82, 2.24) is 5.32 Å². The van der Waals surface area contributed by atoms with E-state index in [1.54, 1.807) is 0 Å². The summed E-state index contributed by atoms with van der Waals surface area (Å²) in [6.07, 6.45) is 0. The summed E-state index contributed by atoms with van der Waals surface area (Å²) in [6, 6.07) is 14.3. The smallest absolute Gasteiger partial charge is 0.239 e. The van der Waals surface area contributed by atoms with E-state index in [9.17, 15) is 4.79 Å². The largest absolute Gasteiger partial charge is 0.376 e. The molecule has 0 aliphatic rings. The number of rotatable bonds is 5. The molecule has 2 rings (SSSR count). The number of amides is 1. The first-order valence-corrected chi connectivity index (χ1v) is 7.18. The van der Waals surface area contributed by atoms with E-state index in [4.69, 9.17) is 0 Å². The molecule has 110 valence electrons. The summed E-state index contributed by atoms with van der Waals surface area (Å²) < 4.78 is 0. The number of anilines is 1. The molecule has 0 atom stereocenters. The lowest BCUT2D eigenvalue weighted by molar-refractivity contribution is -0.119. The molecule has 21 heavy (non-hydrogen) atoms. The molecule has 0 aliphatic heterocycles. The molecule has 0 aromatic heterocycles. The van der Waals surface area contributed by atoms with Crippen molar-refractivity contribution in [3.8, 4) is 0 Å². The van der Waals surface area contributed by atoms with Crippen LogP contribution in [0, 0.1) is 20.8 Å². The number of carbonyl (C=O) groups excluding carboxylic acids is 1. The summed E-state index contributed by atoms with van der Waals surface area (Å²) in [7, 11) is 0. The van der Waals surface area contributed by atoms with Gasteiger partial charge in [0.05, 0.1) is 6.54 Å². The van der Waals surface area contributed by atoms with Crippen LogP contribution in [-0.2, 0) is 11.3 Å². The molecule has 0 radical (unpaired) electrons. The Morgan fingerprint density at radius 2 is 1.76 bits per heavy atom.